The third-order valence-electron chi connectivity index (χ3n) is 6.41. The average Bonchev–Trinajstić information content (AvgIpc) is 2.70. The molecular weight excluding hydrogens is 372 g/mol. The van der Waals surface area contributed by atoms with Crippen LogP contribution in [0.4, 0.5) is 19.3 Å². The number of carbonyl (C=O) groups is 1. The van der Waals surface area contributed by atoms with Crippen molar-refractivity contribution in [1.82, 2.24) is 9.80 Å². The SMILES string of the molecule is CC(C)N1CC2(CCN(C(=O)Nc3ccc(F)c(F)c3)CC2)C1c1ccccc1. The molecule has 6 heteroatoms. The predicted octanol–water partition coefficient (Wildman–Crippen LogP) is 5.04. The van der Waals surface area contributed by atoms with Gasteiger partial charge in [-0.3, -0.25) is 4.90 Å². The number of halogens is 2. The van der Waals surface area contributed by atoms with Crippen LogP contribution in [0.3, 0.4) is 0 Å². The third-order valence-corrected chi connectivity index (χ3v) is 6.41. The molecule has 1 N–H and O–H groups in total. The first-order valence-electron chi connectivity index (χ1n) is 10.2. The van der Waals surface area contributed by atoms with Crippen LogP contribution in [0.5, 0.6) is 0 Å². The summed E-state index contributed by atoms with van der Waals surface area (Å²) in [7, 11) is 0. The summed E-state index contributed by atoms with van der Waals surface area (Å²) in [6.45, 7) is 6.82. The number of nitrogens with zero attached hydrogens (tertiary/aromatic N) is 2. The van der Waals surface area contributed by atoms with Crippen molar-refractivity contribution in [2.45, 2.75) is 38.8 Å². The molecule has 0 bridgehead atoms. The van der Waals surface area contributed by atoms with Crippen molar-refractivity contribution in [1.29, 1.82) is 0 Å². The van der Waals surface area contributed by atoms with Gasteiger partial charge in [-0.2, -0.15) is 0 Å². The Hall–Kier alpha value is -2.47. The lowest BCUT2D eigenvalue weighted by molar-refractivity contribution is -0.123. The molecule has 0 saturated carbocycles. The Balaban J connectivity index is 1.42. The lowest BCUT2D eigenvalue weighted by atomic mass is 9.62. The summed E-state index contributed by atoms with van der Waals surface area (Å²) in [5.41, 5.74) is 1.79. The summed E-state index contributed by atoms with van der Waals surface area (Å²) in [4.78, 5) is 16.9. The van der Waals surface area contributed by atoms with Crippen molar-refractivity contribution in [2.75, 3.05) is 25.0 Å². The predicted molar refractivity (Wildman–Crippen MR) is 110 cm³/mol. The summed E-state index contributed by atoms with van der Waals surface area (Å²) in [5, 5.41) is 2.68. The number of amides is 2. The van der Waals surface area contributed by atoms with Crippen molar-refractivity contribution >= 4 is 11.7 Å². The molecule has 2 amide bonds. The zero-order chi connectivity index (χ0) is 20.6. The molecule has 154 valence electrons. The molecule has 2 fully saturated rings. The molecular formula is C23H27F2N3O. The number of benzene rings is 2. The van der Waals surface area contributed by atoms with Gasteiger partial charge < -0.3 is 10.2 Å². The number of likely N-dealkylation sites (tertiary alicyclic amines) is 2. The molecule has 0 radical (unpaired) electrons. The van der Waals surface area contributed by atoms with Crippen LogP contribution < -0.4 is 5.32 Å². The minimum atomic E-state index is -0.964. The highest BCUT2D eigenvalue weighted by atomic mass is 19.2. The average molecular weight is 399 g/mol. The van der Waals surface area contributed by atoms with Crippen molar-refractivity contribution < 1.29 is 13.6 Å². The Labute approximate surface area is 170 Å². The minimum Gasteiger partial charge on any atom is -0.324 e. The van der Waals surface area contributed by atoms with E-state index < -0.39 is 11.6 Å². The molecule has 2 aliphatic heterocycles. The summed E-state index contributed by atoms with van der Waals surface area (Å²) in [5.74, 6) is -1.89. The molecule has 1 atom stereocenters. The molecule has 2 aromatic carbocycles. The molecule has 1 spiro atoms. The van der Waals surface area contributed by atoms with Gasteiger partial charge in [-0.1, -0.05) is 30.3 Å². The third kappa shape index (κ3) is 3.73. The Bertz CT molecular complexity index is 879. The van der Waals surface area contributed by atoms with Crippen LogP contribution in [0.15, 0.2) is 48.5 Å². The maximum absolute atomic E-state index is 13.4. The summed E-state index contributed by atoms with van der Waals surface area (Å²) in [6, 6.07) is 14.6. The number of urea groups is 1. The zero-order valence-electron chi connectivity index (χ0n) is 16.9. The highest BCUT2D eigenvalue weighted by Gasteiger charge is 2.54. The van der Waals surface area contributed by atoms with Gasteiger partial charge in [0.15, 0.2) is 11.6 Å². The number of anilines is 1. The molecule has 2 saturated heterocycles. The molecule has 0 aromatic heterocycles. The van der Waals surface area contributed by atoms with E-state index in [4.69, 9.17) is 0 Å². The number of hydrogen-bond donors (Lipinski definition) is 1. The van der Waals surface area contributed by atoms with E-state index in [2.05, 4.69) is 48.3 Å². The van der Waals surface area contributed by atoms with Gasteiger partial charge in [0.25, 0.3) is 0 Å². The van der Waals surface area contributed by atoms with Gasteiger partial charge in [0.2, 0.25) is 0 Å². The zero-order valence-corrected chi connectivity index (χ0v) is 16.9. The normalized spacial score (nSPS) is 21.3. The second kappa shape index (κ2) is 7.75. The second-order valence-corrected chi connectivity index (χ2v) is 8.49. The number of carbonyl (C=O) groups excluding carboxylic acids is 1. The molecule has 0 aliphatic carbocycles. The van der Waals surface area contributed by atoms with E-state index in [1.165, 1.54) is 11.6 Å². The van der Waals surface area contributed by atoms with E-state index in [-0.39, 0.29) is 17.1 Å². The number of hydrogen-bond acceptors (Lipinski definition) is 2. The monoisotopic (exact) mass is 399 g/mol. The lowest BCUT2D eigenvalue weighted by Gasteiger charge is -2.62. The molecule has 1 unspecified atom stereocenters. The van der Waals surface area contributed by atoms with E-state index in [0.29, 0.717) is 25.2 Å². The van der Waals surface area contributed by atoms with Crippen molar-refractivity contribution in [3.63, 3.8) is 0 Å². The van der Waals surface area contributed by atoms with Crippen LogP contribution in [-0.2, 0) is 0 Å². The maximum Gasteiger partial charge on any atom is 0.321 e. The van der Waals surface area contributed by atoms with Crippen molar-refractivity contribution in [2.24, 2.45) is 5.41 Å². The van der Waals surface area contributed by atoms with Crippen molar-refractivity contribution in [3.05, 3.63) is 65.7 Å². The van der Waals surface area contributed by atoms with E-state index in [1.54, 1.807) is 4.90 Å². The molecule has 2 aromatic rings. The van der Waals surface area contributed by atoms with Crippen molar-refractivity contribution in [3.8, 4) is 0 Å². The molecule has 2 heterocycles. The van der Waals surface area contributed by atoms with E-state index in [0.717, 1.165) is 31.5 Å². The Morgan fingerprint density at radius 2 is 1.76 bits per heavy atom. The largest absolute Gasteiger partial charge is 0.324 e. The van der Waals surface area contributed by atoms with Crippen LogP contribution >= 0.6 is 0 Å². The highest BCUT2D eigenvalue weighted by Crippen LogP contribution is 2.55. The fourth-order valence-electron chi connectivity index (χ4n) is 4.80. The first-order chi connectivity index (χ1) is 13.9. The van der Waals surface area contributed by atoms with E-state index in [9.17, 15) is 13.6 Å². The second-order valence-electron chi connectivity index (χ2n) is 8.49. The Morgan fingerprint density at radius 3 is 2.38 bits per heavy atom. The van der Waals surface area contributed by atoms with Crippen LogP contribution in [0.25, 0.3) is 0 Å². The van der Waals surface area contributed by atoms with Gasteiger partial charge in [0, 0.05) is 48.9 Å². The molecule has 4 nitrogen and oxygen atoms in total. The smallest absolute Gasteiger partial charge is 0.321 e. The summed E-state index contributed by atoms with van der Waals surface area (Å²) >= 11 is 0. The van der Waals surface area contributed by atoms with Gasteiger partial charge in [0.1, 0.15) is 0 Å². The summed E-state index contributed by atoms with van der Waals surface area (Å²) in [6.07, 6.45) is 1.86. The lowest BCUT2D eigenvalue weighted by Crippen LogP contribution is -2.64. The summed E-state index contributed by atoms with van der Waals surface area (Å²) < 4.78 is 26.5. The standard InChI is InChI=1S/C23H27F2N3O/c1-16(2)28-15-23(21(28)17-6-4-3-5-7-17)10-12-27(13-11-23)22(29)26-18-8-9-19(24)20(25)14-18/h3-9,14,16,21H,10-13,15H2,1-2H3,(H,26,29). The fraction of sp³-hybridized carbons (Fsp3) is 0.435. The first-order valence-corrected chi connectivity index (χ1v) is 10.2. The van der Waals surface area contributed by atoms with Gasteiger partial charge in [0.05, 0.1) is 0 Å². The van der Waals surface area contributed by atoms with Crippen LogP contribution in [-0.4, -0.2) is 41.5 Å². The minimum absolute atomic E-state index is 0.185. The van der Waals surface area contributed by atoms with Gasteiger partial charge >= 0.3 is 6.03 Å². The maximum atomic E-state index is 13.4. The van der Waals surface area contributed by atoms with Crippen LogP contribution in [0.2, 0.25) is 0 Å². The molecule has 2 aliphatic rings. The first kappa shape index (κ1) is 19.8. The van der Waals surface area contributed by atoms with Gasteiger partial charge in [-0.15, -0.1) is 0 Å². The van der Waals surface area contributed by atoms with Crippen LogP contribution in [0.1, 0.15) is 38.3 Å². The fourth-order valence-corrected chi connectivity index (χ4v) is 4.80. The van der Waals surface area contributed by atoms with E-state index in [1.807, 2.05) is 6.07 Å². The number of rotatable bonds is 3. The Kier molecular flexibility index (Phi) is 5.30. The van der Waals surface area contributed by atoms with E-state index >= 15 is 0 Å². The Morgan fingerprint density at radius 1 is 1.07 bits per heavy atom. The molecule has 29 heavy (non-hydrogen) atoms. The van der Waals surface area contributed by atoms with Gasteiger partial charge in [-0.25, -0.2) is 13.6 Å². The van der Waals surface area contributed by atoms with Crippen LogP contribution in [0, 0.1) is 17.0 Å². The van der Waals surface area contributed by atoms with Gasteiger partial charge in [-0.05, 0) is 44.4 Å². The quantitative estimate of drug-likeness (QED) is 0.784. The molecule has 4 rings (SSSR count). The highest BCUT2D eigenvalue weighted by molar-refractivity contribution is 5.89. The number of piperidine rings is 1. The number of nitrogens with one attached hydrogen (secondary N) is 1. The topological polar surface area (TPSA) is 35.6 Å².